The molecule has 0 bridgehead atoms. The Balaban J connectivity index is 1.88. The van der Waals surface area contributed by atoms with Crippen LogP contribution in [-0.4, -0.2) is 34.0 Å². The van der Waals surface area contributed by atoms with Crippen molar-refractivity contribution in [2.75, 3.05) is 0 Å². The first kappa shape index (κ1) is 16.0. The van der Waals surface area contributed by atoms with E-state index in [9.17, 15) is 9.59 Å². The zero-order valence-corrected chi connectivity index (χ0v) is 13.3. The summed E-state index contributed by atoms with van der Waals surface area (Å²) in [5.41, 5.74) is 1.10. The minimum atomic E-state index is -0.408. The van der Waals surface area contributed by atoms with Crippen molar-refractivity contribution in [2.45, 2.75) is 63.7 Å². The SMILES string of the molecule is CC(C)NC(=O)CC1S/C(=N\N=C2CCCCC2)NC1=O. The number of amidine groups is 1. The van der Waals surface area contributed by atoms with Crippen LogP contribution in [-0.2, 0) is 9.59 Å². The first-order valence-electron chi connectivity index (χ1n) is 7.45. The van der Waals surface area contributed by atoms with E-state index in [1.807, 2.05) is 13.8 Å². The number of amides is 2. The highest BCUT2D eigenvalue weighted by molar-refractivity contribution is 8.15. The average molecular weight is 310 g/mol. The Kier molecular flexibility index (Phi) is 5.78. The largest absolute Gasteiger partial charge is 0.354 e. The van der Waals surface area contributed by atoms with Crippen molar-refractivity contribution < 1.29 is 9.59 Å². The Morgan fingerprint density at radius 3 is 2.71 bits per heavy atom. The Morgan fingerprint density at radius 2 is 2.05 bits per heavy atom. The predicted molar refractivity (Wildman–Crippen MR) is 85.4 cm³/mol. The van der Waals surface area contributed by atoms with Crippen LogP contribution in [0.4, 0.5) is 0 Å². The van der Waals surface area contributed by atoms with Crippen LogP contribution in [0.15, 0.2) is 10.2 Å². The summed E-state index contributed by atoms with van der Waals surface area (Å²) in [6.07, 6.45) is 5.76. The monoisotopic (exact) mass is 310 g/mol. The van der Waals surface area contributed by atoms with Gasteiger partial charge in [-0.2, -0.15) is 5.10 Å². The molecule has 0 radical (unpaired) electrons. The molecule has 1 saturated heterocycles. The van der Waals surface area contributed by atoms with Gasteiger partial charge in [0.2, 0.25) is 11.8 Å². The van der Waals surface area contributed by atoms with E-state index >= 15 is 0 Å². The molecule has 0 aromatic heterocycles. The minimum Gasteiger partial charge on any atom is -0.354 e. The number of nitrogens with one attached hydrogen (secondary N) is 2. The summed E-state index contributed by atoms with van der Waals surface area (Å²) in [4.78, 5) is 23.5. The number of carbonyl (C=O) groups is 2. The lowest BCUT2D eigenvalue weighted by Crippen LogP contribution is -2.34. The predicted octanol–water partition coefficient (Wildman–Crippen LogP) is 1.81. The third-order valence-electron chi connectivity index (χ3n) is 3.31. The molecule has 116 valence electrons. The minimum absolute atomic E-state index is 0.0813. The quantitative estimate of drug-likeness (QED) is 0.777. The van der Waals surface area contributed by atoms with E-state index in [-0.39, 0.29) is 24.3 Å². The number of hydrogen-bond acceptors (Lipinski definition) is 5. The van der Waals surface area contributed by atoms with Crippen molar-refractivity contribution in [3.63, 3.8) is 0 Å². The fourth-order valence-corrected chi connectivity index (χ4v) is 3.23. The molecule has 1 heterocycles. The van der Waals surface area contributed by atoms with Crippen molar-refractivity contribution in [2.24, 2.45) is 10.2 Å². The standard InChI is InChI=1S/C14H22N4O2S/c1-9(2)15-12(19)8-11-13(20)16-14(21-11)18-17-10-6-4-3-5-7-10/h9,11H,3-8H2,1-2H3,(H,15,19)(H,16,18,20). The Morgan fingerprint density at radius 1 is 1.33 bits per heavy atom. The summed E-state index contributed by atoms with van der Waals surface area (Å²) in [6, 6.07) is 0.0813. The van der Waals surface area contributed by atoms with Crippen molar-refractivity contribution in [1.29, 1.82) is 0 Å². The Hall–Kier alpha value is -1.37. The summed E-state index contributed by atoms with van der Waals surface area (Å²) in [5.74, 6) is -0.279. The van der Waals surface area contributed by atoms with Gasteiger partial charge in [0.15, 0.2) is 5.17 Å². The Labute approximate surface area is 129 Å². The van der Waals surface area contributed by atoms with Crippen LogP contribution >= 0.6 is 11.8 Å². The number of thioether (sulfide) groups is 1. The van der Waals surface area contributed by atoms with E-state index in [1.165, 1.54) is 31.0 Å². The zero-order chi connectivity index (χ0) is 15.2. The van der Waals surface area contributed by atoms with Gasteiger partial charge in [-0.25, -0.2) is 0 Å². The summed E-state index contributed by atoms with van der Waals surface area (Å²) in [6.45, 7) is 3.79. The highest BCUT2D eigenvalue weighted by Crippen LogP contribution is 2.23. The van der Waals surface area contributed by atoms with Gasteiger partial charge in [-0.1, -0.05) is 18.2 Å². The van der Waals surface area contributed by atoms with E-state index in [4.69, 9.17) is 0 Å². The van der Waals surface area contributed by atoms with Crippen LogP contribution in [0, 0.1) is 0 Å². The van der Waals surface area contributed by atoms with Crippen LogP contribution in [0.25, 0.3) is 0 Å². The lowest BCUT2D eigenvalue weighted by atomic mass is 9.99. The maximum atomic E-state index is 11.8. The lowest BCUT2D eigenvalue weighted by molar-refractivity contribution is -0.125. The number of carbonyl (C=O) groups excluding carboxylic acids is 2. The summed E-state index contributed by atoms with van der Waals surface area (Å²) < 4.78 is 0. The molecule has 0 aromatic carbocycles. The number of hydrogen-bond donors (Lipinski definition) is 2. The van der Waals surface area contributed by atoms with Gasteiger partial charge >= 0.3 is 0 Å². The molecule has 0 spiro atoms. The van der Waals surface area contributed by atoms with E-state index in [1.54, 1.807) is 0 Å². The fourth-order valence-electron chi connectivity index (χ4n) is 2.31. The molecule has 2 amide bonds. The second-order valence-corrected chi connectivity index (χ2v) is 6.85. The third-order valence-corrected chi connectivity index (χ3v) is 4.38. The molecule has 2 N–H and O–H groups in total. The molecule has 2 aliphatic rings. The first-order valence-corrected chi connectivity index (χ1v) is 8.33. The molecular formula is C14H22N4O2S. The first-order chi connectivity index (χ1) is 10.0. The Bertz CT molecular complexity index is 466. The molecule has 1 saturated carbocycles. The maximum absolute atomic E-state index is 11.8. The van der Waals surface area contributed by atoms with E-state index in [2.05, 4.69) is 20.8 Å². The molecule has 1 atom stereocenters. The van der Waals surface area contributed by atoms with Crippen molar-refractivity contribution in [3.05, 3.63) is 0 Å². The topological polar surface area (TPSA) is 82.9 Å². The number of nitrogens with zero attached hydrogens (tertiary/aromatic N) is 2. The van der Waals surface area contributed by atoms with Gasteiger partial charge in [-0.05, 0) is 39.5 Å². The third kappa shape index (κ3) is 5.15. The second kappa shape index (κ2) is 7.59. The normalized spacial score (nSPS) is 24.3. The van der Waals surface area contributed by atoms with Gasteiger partial charge in [-0.15, -0.1) is 5.10 Å². The van der Waals surface area contributed by atoms with Gasteiger partial charge in [0.05, 0.1) is 0 Å². The van der Waals surface area contributed by atoms with Crippen LogP contribution in [0.1, 0.15) is 52.4 Å². The van der Waals surface area contributed by atoms with Gasteiger partial charge in [0.25, 0.3) is 0 Å². The molecule has 0 aromatic rings. The smallest absolute Gasteiger partial charge is 0.240 e. The average Bonchev–Trinajstić information content (AvgIpc) is 2.77. The molecule has 7 heteroatoms. The highest BCUT2D eigenvalue weighted by atomic mass is 32.2. The molecule has 6 nitrogen and oxygen atoms in total. The molecule has 1 aliphatic carbocycles. The van der Waals surface area contributed by atoms with Crippen molar-refractivity contribution in [3.8, 4) is 0 Å². The molecule has 1 aliphatic heterocycles. The van der Waals surface area contributed by atoms with Crippen LogP contribution < -0.4 is 10.6 Å². The molecule has 2 fully saturated rings. The summed E-state index contributed by atoms with van der Waals surface area (Å²) in [7, 11) is 0. The second-order valence-electron chi connectivity index (χ2n) is 5.65. The molecule has 1 unspecified atom stereocenters. The van der Waals surface area contributed by atoms with Gasteiger partial charge in [0.1, 0.15) is 5.25 Å². The van der Waals surface area contributed by atoms with Gasteiger partial charge in [-0.3, -0.25) is 9.59 Å². The zero-order valence-electron chi connectivity index (χ0n) is 12.5. The van der Waals surface area contributed by atoms with Crippen LogP contribution in [0.5, 0.6) is 0 Å². The highest BCUT2D eigenvalue weighted by Gasteiger charge is 2.32. The number of rotatable bonds is 4. The van der Waals surface area contributed by atoms with E-state index in [0.717, 1.165) is 18.6 Å². The van der Waals surface area contributed by atoms with E-state index < -0.39 is 5.25 Å². The van der Waals surface area contributed by atoms with Gasteiger partial charge < -0.3 is 10.6 Å². The summed E-state index contributed by atoms with van der Waals surface area (Å²) >= 11 is 1.28. The van der Waals surface area contributed by atoms with Gasteiger partial charge in [0, 0.05) is 18.2 Å². The lowest BCUT2D eigenvalue weighted by Gasteiger charge is -2.10. The van der Waals surface area contributed by atoms with Crippen LogP contribution in [0.3, 0.4) is 0 Å². The molecule has 2 rings (SSSR count). The fraction of sp³-hybridized carbons (Fsp3) is 0.714. The molecular weight excluding hydrogens is 288 g/mol. The van der Waals surface area contributed by atoms with E-state index in [0.29, 0.717) is 5.17 Å². The van der Waals surface area contributed by atoms with Crippen molar-refractivity contribution >= 4 is 34.5 Å². The summed E-state index contributed by atoms with van der Waals surface area (Å²) in [5, 5.41) is 13.9. The van der Waals surface area contributed by atoms with Crippen molar-refractivity contribution in [1.82, 2.24) is 10.6 Å². The maximum Gasteiger partial charge on any atom is 0.240 e. The van der Waals surface area contributed by atoms with Crippen LogP contribution in [0.2, 0.25) is 0 Å². The molecule has 21 heavy (non-hydrogen) atoms.